The van der Waals surface area contributed by atoms with Crippen molar-refractivity contribution in [1.29, 1.82) is 0 Å². The summed E-state index contributed by atoms with van der Waals surface area (Å²) in [6.45, 7) is -0.0153. The van der Waals surface area contributed by atoms with Crippen molar-refractivity contribution in [3.05, 3.63) is 41.1 Å². The lowest BCUT2D eigenvalue weighted by Gasteiger charge is -2.35. The molecule has 9 nitrogen and oxygen atoms in total. The zero-order valence-corrected chi connectivity index (χ0v) is 18.4. The standard InChI is InChI=1S/C22H27F2N3O6/c1-3-32-20(29)17-15(12-27-10-8-13(9-11-27)19(28)31-2)25-22(30)26-18(17)14-6-4-5-7-16(14)33-21(23)24/h4-7,13,18,21H,3,8-12H2,1-2H3,(H2,25,26,30). The molecule has 1 unspecified atom stereocenters. The Bertz CT molecular complexity index is 915. The van der Waals surface area contributed by atoms with Crippen LogP contribution in [0.5, 0.6) is 5.75 Å². The fraction of sp³-hybridized carbons (Fsp3) is 0.500. The number of carbonyl (C=O) groups excluding carboxylic acids is 3. The highest BCUT2D eigenvalue weighted by atomic mass is 19.3. The summed E-state index contributed by atoms with van der Waals surface area (Å²) in [4.78, 5) is 39.2. The number of halogens is 2. The smallest absolute Gasteiger partial charge is 0.387 e. The Morgan fingerprint density at radius 1 is 1.21 bits per heavy atom. The van der Waals surface area contributed by atoms with Gasteiger partial charge in [-0.2, -0.15) is 8.78 Å². The molecule has 2 heterocycles. The molecule has 0 radical (unpaired) electrons. The monoisotopic (exact) mass is 467 g/mol. The summed E-state index contributed by atoms with van der Waals surface area (Å²) < 4.78 is 40.6. The largest absolute Gasteiger partial charge is 0.469 e. The lowest BCUT2D eigenvalue weighted by Crippen LogP contribution is -2.49. The minimum absolute atomic E-state index is 0.0932. The van der Waals surface area contributed by atoms with Crippen molar-refractivity contribution in [3.8, 4) is 5.75 Å². The molecular formula is C22H27F2N3O6. The van der Waals surface area contributed by atoms with E-state index in [0.717, 1.165) is 0 Å². The van der Waals surface area contributed by atoms with Crippen LogP contribution in [0.3, 0.4) is 0 Å². The molecule has 1 aromatic carbocycles. The van der Waals surface area contributed by atoms with Crippen molar-refractivity contribution in [2.24, 2.45) is 5.92 Å². The van der Waals surface area contributed by atoms with Gasteiger partial charge in [-0.15, -0.1) is 0 Å². The first-order valence-electron chi connectivity index (χ1n) is 10.7. The number of esters is 2. The van der Waals surface area contributed by atoms with Crippen molar-refractivity contribution >= 4 is 18.0 Å². The average molecular weight is 467 g/mol. The highest BCUT2D eigenvalue weighted by Gasteiger charge is 2.36. The van der Waals surface area contributed by atoms with Gasteiger partial charge in [-0.1, -0.05) is 18.2 Å². The van der Waals surface area contributed by atoms with E-state index in [0.29, 0.717) is 31.6 Å². The summed E-state index contributed by atoms with van der Waals surface area (Å²) in [5, 5.41) is 5.28. The normalized spacial score (nSPS) is 19.7. The van der Waals surface area contributed by atoms with Gasteiger partial charge in [-0.05, 0) is 38.9 Å². The van der Waals surface area contributed by atoms with Crippen LogP contribution in [0.1, 0.15) is 31.4 Å². The highest BCUT2D eigenvalue weighted by molar-refractivity contribution is 5.95. The fourth-order valence-corrected chi connectivity index (χ4v) is 4.07. The summed E-state index contributed by atoms with van der Waals surface area (Å²) >= 11 is 0. The first-order valence-corrected chi connectivity index (χ1v) is 10.7. The van der Waals surface area contributed by atoms with E-state index in [1.54, 1.807) is 13.0 Å². The van der Waals surface area contributed by atoms with Gasteiger partial charge in [0.1, 0.15) is 5.75 Å². The minimum Gasteiger partial charge on any atom is -0.469 e. The number of ether oxygens (including phenoxy) is 3. The topological polar surface area (TPSA) is 106 Å². The van der Waals surface area contributed by atoms with Gasteiger partial charge in [-0.3, -0.25) is 9.69 Å². The molecule has 0 aliphatic carbocycles. The molecule has 33 heavy (non-hydrogen) atoms. The molecule has 0 bridgehead atoms. The third-order valence-corrected chi connectivity index (χ3v) is 5.60. The molecule has 2 aliphatic heterocycles. The quantitative estimate of drug-likeness (QED) is 0.566. The molecule has 1 atom stereocenters. The number of piperidine rings is 1. The summed E-state index contributed by atoms with van der Waals surface area (Å²) in [7, 11) is 1.35. The maximum absolute atomic E-state index is 13.0. The Morgan fingerprint density at radius 3 is 2.55 bits per heavy atom. The molecule has 1 saturated heterocycles. The Hall–Kier alpha value is -3.21. The number of benzene rings is 1. The van der Waals surface area contributed by atoms with E-state index in [1.165, 1.54) is 25.3 Å². The second kappa shape index (κ2) is 11.1. The predicted molar refractivity (Wildman–Crippen MR) is 112 cm³/mol. The van der Waals surface area contributed by atoms with Gasteiger partial charge >= 0.3 is 24.6 Å². The zero-order valence-electron chi connectivity index (χ0n) is 18.4. The number of methoxy groups -OCH3 is 1. The molecule has 2 aliphatic rings. The number of amides is 2. The fourth-order valence-electron chi connectivity index (χ4n) is 4.07. The molecular weight excluding hydrogens is 440 g/mol. The molecule has 180 valence electrons. The Morgan fingerprint density at radius 2 is 1.91 bits per heavy atom. The van der Waals surface area contributed by atoms with Gasteiger partial charge in [-0.25, -0.2) is 9.59 Å². The number of likely N-dealkylation sites (tertiary alicyclic amines) is 1. The third kappa shape index (κ3) is 5.98. The minimum atomic E-state index is -3.07. The number of urea groups is 1. The summed E-state index contributed by atoms with van der Waals surface area (Å²) in [6.07, 6.45) is 1.16. The first kappa shape index (κ1) is 24.4. The number of para-hydroxylation sites is 1. The van der Waals surface area contributed by atoms with Crippen LogP contribution < -0.4 is 15.4 Å². The van der Waals surface area contributed by atoms with Gasteiger partial charge in [0.15, 0.2) is 0 Å². The number of nitrogens with zero attached hydrogens (tertiary/aromatic N) is 1. The summed E-state index contributed by atoms with van der Waals surface area (Å²) in [5.41, 5.74) is 0.625. The number of hydrogen-bond acceptors (Lipinski definition) is 7. The van der Waals surface area contributed by atoms with E-state index in [1.807, 2.05) is 4.90 Å². The van der Waals surface area contributed by atoms with Crippen molar-refractivity contribution in [1.82, 2.24) is 15.5 Å². The average Bonchev–Trinajstić information content (AvgIpc) is 2.78. The molecule has 2 N–H and O–H groups in total. The molecule has 0 spiro atoms. The lowest BCUT2D eigenvalue weighted by atomic mass is 9.93. The van der Waals surface area contributed by atoms with E-state index < -0.39 is 24.7 Å². The zero-order chi connectivity index (χ0) is 24.0. The van der Waals surface area contributed by atoms with Crippen LogP contribution in [0, 0.1) is 5.92 Å². The number of hydrogen-bond donors (Lipinski definition) is 2. The van der Waals surface area contributed by atoms with Gasteiger partial charge in [0.25, 0.3) is 0 Å². The van der Waals surface area contributed by atoms with Crippen LogP contribution in [-0.4, -0.2) is 62.8 Å². The Balaban J connectivity index is 1.93. The molecule has 2 amide bonds. The maximum atomic E-state index is 13.0. The summed E-state index contributed by atoms with van der Waals surface area (Å²) in [5.74, 6) is -1.29. The van der Waals surface area contributed by atoms with Crippen LogP contribution in [0.15, 0.2) is 35.5 Å². The number of nitrogens with one attached hydrogen (secondary N) is 2. The Kier molecular flexibility index (Phi) is 8.21. The van der Waals surface area contributed by atoms with Gasteiger partial charge in [0, 0.05) is 17.8 Å². The molecule has 11 heteroatoms. The van der Waals surface area contributed by atoms with E-state index in [4.69, 9.17) is 9.47 Å². The summed E-state index contributed by atoms with van der Waals surface area (Å²) in [6, 6.07) is 4.34. The van der Waals surface area contributed by atoms with Crippen LogP contribution in [-0.2, 0) is 19.1 Å². The number of carbonyl (C=O) groups is 3. The van der Waals surface area contributed by atoms with Gasteiger partial charge in [0.05, 0.1) is 31.2 Å². The van der Waals surface area contributed by atoms with Gasteiger partial charge < -0.3 is 24.8 Å². The lowest BCUT2D eigenvalue weighted by molar-refractivity contribution is -0.147. The maximum Gasteiger partial charge on any atom is 0.387 e. The second-order valence-corrected chi connectivity index (χ2v) is 7.63. The number of rotatable bonds is 8. The van der Waals surface area contributed by atoms with Crippen LogP contribution in [0.2, 0.25) is 0 Å². The van der Waals surface area contributed by atoms with Crippen molar-refractivity contribution in [2.75, 3.05) is 33.4 Å². The van der Waals surface area contributed by atoms with Crippen molar-refractivity contribution < 1.29 is 37.4 Å². The molecule has 3 rings (SSSR count). The van der Waals surface area contributed by atoms with Crippen LogP contribution >= 0.6 is 0 Å². The van der Waals surface area contributed by atoms with Crippen molar-refractivity contribution in [2.45, 2.75) is 32.4 Å². The second-order valence-electron chi connectivity index (χ2n) is 7.63. The Labute approximate surface area is 190 Å². The van der Waals surface area contributed by atoms with E-state index >= 15 is 0 Å². The van der Waals surface area contributed by atoms with Gasteiger partial charge in [0.2, 0.25) is 0 Å². The van der Waals surface area contributed by atoms with E-state index in [-0.39, 0.29) is 41.9 Å². The molecule has 0 aromatic heterocycles. The van der Waals surface area contributed by atoms with Crippen molar-refractivity contribution in [3.63, 3.8) is 0 Å². The van der Waals surface area contributed by atoms with E-state index in [9.17, 15) is 23.2 Å². The highest BCUT2D eigenvalue weighted by Crippen LogP contribution is 2.34. The third-order valence-electron chi connectivity index (χ3n) is 5.60. The molecule has 1 fully saturated rings. The molecule has 1 aromatic rings. The van der Waals surface area contributed by atoms with Crippen LogP contribution in [0.25, 0.3) is 0 Å². The number of alkyl halides is 2. The first-order chi connectivity index (χ1) is 15.8. The molecule has 0 saturated carbocycles. The predicted octanol–water partition coefficient (Wildman–Crippen LogP) is 2.34. The van der Waals surface area contributed by atoms with E-state index in [2.05, 4.69) is 15.4 Å². The SMILES string of the molecule is CCOC(=O)C1=C(CN2CCC(C(=O)OC)CC2)NC(=O)NC1c1ccccc1OC(F)F. The van der Waals surface area contributed by atoms with Crippen LogP contribution in [0.4, 0.5) is 13.6 Å².